The molecule has 1 N–H and O–H groups in total. The van der Waals surface area contributed by atoms with Crippen LogP contribution in [-0.4, -0.2) is 24.3 Å². The number of rotatable bonds is 7. The maximum Gasteiger partial charge on any atom is 0.416 e. The van der Waals surface area contributed by atoms with Gasteiger partial charge in [-0.15, -0.1) is 0 Å². The Morgan fingerprint density at radius 3 is 2.25 bits per heavy atom. The van der Waals surface area contributed by atoms with Crippen molar-refractivity contribution in [2.45, 2.75) is 71.1 Å². The summed E-state index contributed by atoms with van der Waals surface area (Å²) in [5.41, 5.74) is 1.69. The molecule has 0 saturated heterocycles. The average molecular weight is 503 g/mol. The van der Waals surface area contributed by atoms with Gasteiger partial charge in [0.2, 0.25) is 0 Å². The molecular weight excluding hydrogens is 469 g/mol. The van der Waals surface area contributed by atoms with Gasteiger partial charge in [-0.2, -0.15) is 13.2 Å². The highest BCUT2D eigenvalue weighted by atomic mass is 19.4. The van der Waals surface area contributed by atoms with Gasteiger partial charge in [0, 0.05) is 5.56 Å². The van der Waals surface area contributed by atoms with Crippen molar-refractivity contribution in [3.8, 4) is 11.5 Å². The fourth-order valence-corrected chi connectivity index (χ4v) is 4.27. The number of phenolic OH excluding ortho intramolecular Hbond substituents is 1. The first kappa shape index (κ1) is 27.4. The molecule has 1 fully saturated rings. The van der Waals surface area contributed by atoms with Crippen molar-refractivity contribution in [2.24, 2.45) is 0 Å². The minimum absolute atomic E-state index is 0.00747. The molecule has 0 aliphatic heterocycles. The number of hydrogen-bond acceptors (Lipinski definition) is 4. The Hall–Kier alpha value is -3.22. The number of methoxy groups -OCH3 is 1. The van der Waals surface area contributed by atoms with E-state index in [0.717, 1.165) is 56.2 Å². The van der Waals surface area contributed by atoms with E-state index in [2.05, 4.69) is 0 Å². The van der Waals surface area contributed by atoms with Crippen LogP contribution in [0, 0.1) is 0 Å². The monoisotopic (exact) mass is 502 g/mol. The molecule has 0 radical (unpaired) electrons. The molecule has 0 amide bonds. The summed E-state index contributed by atoms with van der Waals surface area (Å²) >= 11 is 0. The van der Waals surface area contributed by atoms with Crippen LogP contribution in [0.3, 0.4) is 0 Å². The molecular formula is C29H33F3O4. The van der Waals surface area contributed by atoms with Gasteiger partial charge in [0.05, 0.1) is 18.8 Å². The Morgan fingerprint density at radius 2 is 1.69 bits per heavy atom. The van der Waals surface area contributed by atoms with Crippen LogP contribution >= 0.6 is 0 Å². The van der Waals surface area contributed by atoms with Crippen molar-refractivity contribution >= 4 is 18.1 Å². The summed E-state index contributed by atoms with van der Waals surface area (Å²) in [6, 6.07) is 6.42. The molecule has 1 saturated carbocycles. The lowest BCUT2D eigenvalue weighted by molar-refractivity contribution is -0.137. The SMILES string of the molecule is COC(=O)c1c(/C=C/c2ccc(C(F)(F)F)cc2)cc(OC2CCCCCC2)c(CC=C(C)C)c1O. The summed E-state index contributed by atoms with van der Waals surface area (Å²) in [7, 11) is 1.23. The van der Waals surface area contributed by atoms with Gasteiger partial charge in [-0.1, -0.05) is 48.8 Å². The van der Waals surface area contributed by atoms with Gasteiger partial charge in [-0.05, 0) is 75.3 Å². The Balaban J connectivity index is 2.06. The number of esters is 1. The fourth-order valence-electron chi connectivity index (χ4n) is 4.27. The number of hydrogen-bond donors (Lipinski definition) is 1. The van der Waals surface area contributed by atoms with E-state index in [9.17, 15) is 23.1 Å². The number of allylic oxidation sites excluding steroid dienone is 2. The molecule has 194 valence electrons. The van der Waals surface area contributed by atoms with Gasteiger partial charge in [-0.25, -0.2) is 4.79 Å². The molecule has 0 heterocycles. The number of alkyl halides is 3. The molecule has 2 aromatic carbocycles. The fraction of sp³-hybridized carbons (Fsp3) is 0.414. The van der Waals surface area contributed by atoms with E-state index in [0.29, 0.717) is 28.9 Å². The van der Waals surface area contributed by atoms with Crippen LogP contribution in [0.25, 0.3) is 12.2 Å². The molecule has 0 bridgehead atoms. The Labute approximate surface area is 210 Å². The zero-order valence-electron chi connectivity index (χ0n) is 21.0. The zero-order chi connectivity index (χ0) is 26.3. The lowest BCUT2D eigenvalue weighted by atomic mass is 9.97. The summed E-state index contributed by atoms with van der Waals surface area (Å²) in [5, 5.41) is 11.2. The molecule has 4 nitrogen and oxygen atoms in total. The number of phenols is 1. The first-order valence-electron chi connectivity index (χ1n) is 12.2. The molecule has 0 aromatic heterocycles. The number of carbonyl (C=O) groups excluding carboxylic acids is 1. The van der Waals surface area contributed by atoms with Crippen LogP contribution in [-0.2, 0) is 17.3 Å². The number of carbonyl (C=O) groups is 1. The summed E-state index contributed by atoms with van der Waals surface area (Å²) < 4.78 is 50.0. The molecule has 7 heteroatoms. The van der Waals surface area contributed by atoms with Crippen LogP contribution in [0.4, 0.5) is 13.2 Å². The van der Waals surface area contributed by atoms with Gasteiger partial charge < -0.3 is 14.6 Å². The quantitative estimate of drug-likeness (QED) is 0.180. The molecule has 0 unspecified atom stereocenters. The minimum atomic E-state index is -4.42. The third-order valence-corrected chi connectivity index (χ3v) is 6.29. The van der Waals surface area contributed by atoms with E-state index in [-0.39, 0.29) is 17.4 Å². The molecule has 1 aliphatic rings. The smallest absolute Gasteiger partial charge is 0.416 e. The molecule has 0 spiro atoms. The Kier molecular flexibility index (Phi) is 9.24. The van der Waals surface area contributed by atoms with Crippen molar-refractivity contribution in [1.29, 1.82) is 0 Å². The maximum absolute atomic E-state index is 12.9. The number of aromatic hydroxyl groups is 1. The first-order valence-corrected chi connectivity index (χ1v) is 12.2. The van der Waals surface area contributed by atoms with Crippen LogP contribution in [0.1, 0.15) is 85.0 Å². The Bertz CT molecular complexity index is 1100. The second-order valence-electron chi connectivity index (χ2n) is 9.33. The zero-order valence-corrected chi connectivity index (χ0v) is 21.0. The maximum atomic E-state index is 12.9. The highest BCUT2D eigenvalue weighted by molar-refractivity contribution is 5.98. The number of benzene rings is 2. The highest BCUT2D eigenvalue weighted by Gasteiger charge is 2.30. The van der Waals surface area contributed by atoms with Crippen LogP contribution in [0.2, 0.25) is 0 Å². The lowest BCUT2D eigenvalue weighted by Crippen LogP contribution is -2.17. The van der Waals surface area contributed by atoms with Crippen LogP contribution < -0.4 is 4.74 Å². The topological polar surface area (TPSA) is 55.8 Å². The predicted octanol–water partition coefficient (Wildman–Crippen LogP) is 7.98. The standard InChI is InChI=1S/C29H33F3O4/c1-19(2)10-17-24-25(36-23-8-6-4-5-7-9-23)18-21(26(27(24)33)28(34)35-3)14-11-20-12-15-22(16-13-20)29(30,31)32/h10-16,18,23,33H,4-9,17H2,1-3H3/b14-11+. The normalized spacial score (nSPS) is 14.9. The van der Waals surface area contributed by atoms with Gasteiger partial charge in [-0.3, -0.25) is 0 Å². The van der Waals surface area contributed by atoms with Crippen LogP contribution in [0.5, 0.6) is 11.5 Å². The summed E-state index contributed by atoms with van der Waals surface area (Å²) in [6.45, 7) is 3.90. The van der Waals surface area contributed by atoms with Gasteiger partial charge in [0.25, 0.3) is 0 Å². The van der Waals surface area contributed by atoms with Crippen LogP contribution in [0.15, 0.2) is 42.0 Å². The third kappa shape index (κ3) is 7.15. The van der Waals surface area contributed by atoms with Crippen molar-refractivity contribution in [3.63, 3.8) is 0 Å². The third-order valence-electron chi connectivity index (χ3n) is 6.29. The van der Waals surface area contributed by atoms with Gasteiger partial charge in [0.15, 0.2) is 0 Å². The second-order valence-corrected chi connectivity index (χ2v) is 9.33. The van der Waals surface area contributed by atoms with E-state index in [1.165, 1.54) is 19.2 Å². The van der Waals surface area contributed by atoms with Gasteiger partial charge in [0.1, 0.15) is 17.1 Å². The summed E-state index contributed by atoms with van der Waals surface area (Å²) in [5.74, 6) is -0.423. The number of halogens is 3. The molecule has 1 aliphatic carbocycles. The van der Waals surface area contributed by atoms with Crippen molar-refractivity contribution < 1.29 is 32.5 Å². The van der Waals surface area contributed by atoms with Gasteiger partial charge >= 0.3 is 12.1 Å². The summed E-state index contributed by atoms with van der Waals surface area (Å²) in [4.78, 5) is 12.7. The summed E-state index contributed by atoms with van der Waals surface area (Å²) in [6.07, 6.45) is 7.39. The predicted molar refractivity (Wildman–Crippen MR) is 135 cm³/mol. The highest BCUT2D eigenvalue weighted by Crippen LogP contribution is 2.38. The Morgan fingerprint density at radius 1 is 1.06 bits per heavy atom. The average Bonchev–Trinajstić information content (AvgIpc) is 3.10. The lowest BCUT2D eigenvalue weighted by Gasteiger charge is -2.22. The minimum Gasteiger partial charge on any atom is -0.507 e. The van der Waals surface area contributed by atoms with Crippen molar-refractivity contribution in [2.75, 3.05) is 7.11 Å². The van der Waals surface area contributed by atoms with E-state index < -0.39 is 17.7 Å². The van der Waals surface area contributed by atoms with E-state index in [1.807, 2.05) is 19.9 Å². The number of ether oxygens (including phenoxy) is 2. The van der Waals surface area contributed by atoms with Crippen molar-refractivity contribution in [1.82, 2.24) is 0 Å². The van der Waals surface area contributed by atoms with E-state index in [4.69, 9.17) is 9.47 Å². The van der Waals surface area contributed by atoms with E-state index in [1.54, 1.807) is 18.2 Å². The van der Waals surface area contributed by atoms with Crippen molar-refractivity contribution in [3.05, 3.63) is 69.8 Å². The second kappa shape index (κ2) is 12.2. The largest absolute Gasteiger partial charge is 0.507 e. The molecule has 3 rings (SSSR count). The molecule has 0 atom stereocenters. The first-order chi connectivity index (χ1) is 17.1. The van der Waals surface area contributed by atoms with E-state index >= 15 is 0 Å². The molecule has 2 aromatic rings. The molecule has 36 heavy (non-hydrogen) atoms.